The minimum atomic E-state index is -1.14. The summed E-state index contributed by atoms with van der Waals surface area (Å²) < 4.78 is 59.5. The highest BCUT2D eigenvalue weighted by Gasteiger charge is 2.49. The molecule has 0 amide bonds. The predicted octanol–water partition coefficient (Wildman–Crippen LogP) is 5.25. The molecule has 3 aromatic heterocycles. The fourth-order valence-corrected chi connectivity index (χ4v) is 7.38. The lowest BCUT2D eigenvalue weighted by atomic mass is 9.95. The number of alkyl halides is 1. The number of aromatic hydroxyl groups is 1. The molecule has 3 atom stereocenters. The molecule has 3 aliphatic rings. The van der Waals surface area contributed by atoms with Crippen molar-refractivity contribution in [2.24, 2.45) is 0 Å². The number of terminal acetylenes is 1. The molecule has 0 bridgehead atoms. The van der Waals surface area contributed by atoms with E-state index in [9.17, 15) is 19.0 Å². The van der Waals surface area contributed by atoms with Gasteiger partial charge < -0.3 is 24.3 Å². The van der Waals surface area contributed by atoms with E-state index < -0.39 is 29.6 Å². The molecular formula is C34H28F3N5O4. The van der Waals surface area contributed by atoms with Crippen molar-refractivity contribution >= 4 is 21.7 Å². The minimum Gasteiger partial charge on any atom is -0.508 e. The van der Waals surface area contributed by atoms with Crippen LogP contribution in [0, 0.1) is 24.0 Å². The van der Waals surface area contributed by atoms with Crippen LogP contribution < -0.4 is 4.74 Å². The molecule has 1 unspecified atom stereocenters. The van der Waals surface area contributed by atoms with Gasteiger partial charge in [0.05, 0.1) is 29.1 Å². The lowest BCUT2D eigenvalue weighted by Gasteiger charge is -2.30. The predicted molar refractivity (Wildman–Crippen MR) is 163 cm³/mol. The molecule has 0 spiro atoms. The lowest BCUT2D eigenvalue weighted by molar-refractivity contribution is -0.123. The average Bonchev–Trinajstić information content (AvgIpc) is 3.73. The summed E-state index contributed by atoms with van der Waals surface area (Å²) in [5.74, 6) is 0.628. The number of fused-ring (bicyclic) bond motifs is 4. The number of pyridine rings is 1. The highest BCUT2D eigenvalue weighted by atomic mass is 19.1. The van der Waals surface area contributed by atoms with Gasteiger partial charge in [0.1, 0.15) is 41.2 Å². The Labute approximate surface area is 261 Å². The van der Waals surface area contributed by atoms with Crippen LogP contribution in [0.4, 0.5) is 13.2 Å². The summed E-state index contributed by atoms with van der Waals surface area (Å²) in [4.78, 5) is 15.7. The van der Waals surface area contributed by atoms with Gasteiger partial charge in [-0.15, -0.1) is 6.42 Å². The number of aliphatic hydroxyl groups excluding tert-OH is 1. The van der Waals surface area contributed by atoms with E-state index in [2.05, 4.69) is 20.8 Å². The summed E-state index contributed by atoms with van der Waals surface area (Å²) in [5.41, 5.74) is 0.554. The van der Waals surface area contributed by atoms with Gasteiger partial charge in [-0.2, -0.15) is 9.97 Å². The zero-order valence-corrected chi connectivity index (χ0v) is 24.5. The summed E-state index contributed by atoms with van der Waals surface area (Å²) in [6, 6.07) is 8.67. The van der Waals surface area contributed by atoms with Crippen molar-refractivity contribution in [3.63, 3.8) is 0 Å². The quantitative estimate of drug-likeness (QED) is 0.255. The van der Waals surface area contributed by atoms with Crippen LogP contribution in [-0.2, 0) is 11.3 Å². The Balaban J connectivity index is 1.32. The largest absolute Gasteiger partial charge is 0.508 e. The van der Waals surface area contributed by atoms with Gasteiger partial charge in [0.15, 0.2) is 12.1 Å². The van der Waals surface area contributed by atoms with E-state index in [1.165, 1.54) is 30.5 Å². The first-order valence-corrected chi connectivity index (χ1v) is 15.1. The number of rotatable bonds is 5. The third-order valence-electron chi connectivity index (χ3n) is 9.45. The zero-order chi connectivity index (χ0) is 31.7. The maximum atomic E-state index is 16.8. The molecular weight excluding hydrogens is 599 g/mol. The Morgan fingerprint density at radius 2 is 2.00 bits per heavy atom. The van der Waals surface area contributed by atoms with Crippen molar-refractivity contribution in [3.8, 4) is 46.7 Å². The first-order chi connectivity index (χ1) is 22.3. The van der Waals surface area contributed by atoms with Gasteiger partial charge in [0.2, 0.25) is 0 Å². The molecule has 0 aliphatic carbocycles. The average molecular weight is 628 g/mol. The topological polar surface area (TPSA) is 106 Å². The summed E-state index contributed by atoms with van der Waals surface area (Å²) in [6.45, 7) is 1.90. The van der Waals surface area contributed by atoms with Crippen LogP contribution in [0.1, 0.15) is 36.8 Å². The first-order valence-electron chi connectivity index (χ1n) is 15.1. The van der Waals surface area contributed by atoms with Crippen LogP contribution in [0.2, 0.25) is 0 Å². The van der Waals surface area contributed by atoms with Crippen molar-refractivity contribution in [1.82, 2.24) is 24.4 Å². The maximum absolute atomic E-state index is 16.8. The molecule has 9 nitrogen and oxygen atoms in total. The van der Waals surface area contributed by atoms with E-state index in [4.69, 9.17) is 20.9 Å². The van der Waals surface area contributed by atoms with Crippen LogP contribution >= 0.6 is 0 Å². The third kappa shape index (κ3) is 4.41. The number of nitrogens with zero attached hydrogens (tertiary/aromatic N) is 5. The van der Waals surface area contributed by atoms with E-state index in [0.717, 1.165) is 19.4 Å². The van der Waals surface area contributed by atoms with Gasteiger partial charge in [-0.25, -0.2) is 13.2 Å². The SMILES string of the molecule is C#Cc1c(F)ccc2cc(O)cc(-c3ncc4c(-c5ccc6n5CCOC6O)nc(OC[C@@]56CCCN5C[C@H](F)C6)nc4c3F)c12. The molecule has 234 valence electrons. The van der Waals surface area contributed by atoms with Crippen LogP contribution in [0.25, 0.3) is 44.3 Å². The fourth-order valence-electron chi connectivity index (χ4n) is 7.38. The molecule has 5 aromatic rings. The van der Waals surface area contributed by atoms with E-state index in [1.54, 1.807) is 12.1 Å². The smallest absolute Gasteiger partial charge is 0.317 e. The van der Waals surface area contributed by atoms with Crippen molar-refractivity contribution < 1.29 is 32.9 Å². The second kappa shape index (κ2) is 10.7. The molecule has 0 saturated carbocycles. The molecule has 2 aromatic carbocycles. The zero-order valence-electron chi connectivity index (χ0n) is 24.5. The van der Waals surface area contributed by atoms with Gasteiger partial charge in [-0.1, -0.05) is 12.0 Å². The fraction of sp³-hybridized carbons (Fsp3) is 0.324. The molecule has 2 fully saturated rings. The van der Waals surface area contributed by atoms with Gasteiger partial charge in [-0.3, -0.25) is 9.88 Å². The number of ether oxygens (including phenoxy) is 2. The highest BCUT2D eigenvalue weighted by Crippen LogP contribution is 2.42. The first kappa shape index (κ1) is 28.8. The second-order valence-corrected chi connectivity index (χ2v) is 12.1. The molecule has 12 heteroatoms. The number of benzene rings is 2. The summed E-state index contributed by atoms with van der Waals surface area (Å²) in [6.07, 6.45) is 6.99. The number of hydrogen-bond acceptors (Lipinski definition) is 8. The Bertz CT molecular complexity index is 2100. The molecule has 6 heterocycles. The summed E-state index contributed by atoms with van der Waals surface area (Å²) >= 11 is 0. The standard InChI is InChI=1S/C34H28F3N5O4/c1-2-21-24(36)5-4-18-12-20(43)13-22(27(18)21)30-28(37)31-23(15-38-30)29(25-6-7-26-32(44)45-11-10-42(25)26)39-33(40-31)46-17-34-8-3-9-41(34)16-19(35)14-34/h1,4-7,12-13,15,19,32,43-44H,3,8-11,14,16-17H2/t19-,32?,34+/m1/s1. The molecule has 8 rings (SSSR count). The number of hydrogen-bond donors (Lipinski definition) is 2. The van der Waals surface area contributed by atoms with Crippen molar-refractivity contribution in [1.29, 1.82) is 0 Å². The number of phenols is 1. The number of halogens is 3. The van der Waals surface area contributed by atoms with Gasteiger partial charge in [-0.05, 0) is 55.1 Å². The molecule has 2 N–H and O–H groups in total. The number of aliphatic hydroxyl groups is 1. The van der Waals surface area contributed by atoms with Crippen LogP contribution in [0.5, 0.6) is 11.8 Å². The Morgan fingerprint density at radius 1 is 1.13 bits per heavy atom. The molecule has 0 radical (unpaired) electrons. The van der Waals surface area contributed by atoms with E-state index >= 15 is 4.39 Å². The number of aromatic nitrogens is 4. The molecule has 46 heavy (non-hydrogen) atoms. The van der Waals surface area contributed by atoms with Crippen molar-refractivity contribution in [2.75, 3.05) is 26.3 Å². The lowest BCUT2D eigenvalue weighted by Crippen LogP contribution is -2.43. The van der Waals surface area contributed by atoms with E-state index in [1.807, 2.05) is 4.57 Å². The maximum Gasteiger partial charge on any atom is 0.317 e. The van der Waals surface area contributed by atoms with Crippen LogP contribution in [-0.4, -0.2) is 72.6 Å². The summed E-state index contributed by atoms with van der Waals surface area (Å²) in [5, 5.41) is 21.8. The molecule has 2 saturated heterocycles. The minimum absolute atomic E-state index is 0.0882. The van der Waals surface area contributed by atoms with Gasteiger partial charge >= 0.3 is 6.01 Å². The van der Waals surface area contributed by atoms with Gasteiger partial charge in [0.25, 0.3) is 0 Å². The summed E-state index contributed by atoms with van der Waals surface area (Å²) in [7, 11) is 0. The van der Waals surface area contributed by atoms with E-state index in [0.29, 0.717) is 42.0 Å². The third-order valence-corrected chi connectivity index (χ3v) is 9.45. The number of phenolic OH excluding ortho intramolecular Hbond substituents is 1. The van der Waals surface area contributed by atoms with Crippen molar-refractivity contribution in [3.05, 3.63) is 65.5 Å². The van der Waals surface area contributed by atoms with Crippen LogP contribution in [0.15, 0.2) is 42.6 Å². The van der Waals surface area contributed by atoms with Gasteiger partial charge in [0, 0.05) is 42.0 Å². The van der Waals surface area contributed by atoms with Crippen LogP contribution in [0.3, 0.4) is 0 Å². The molecule has 3 aliphatic heterocycles. The highest BCUT2D eigenvalue weighted by molar-refractivity contribution is 6.03. The van der Waals surface area contributed by atoms with Crippen molar-refractivity contribution in [2.45, 2.75) is 43.8 Å². The second-order valence-electron chi connectivity index (χ2n) is 12.1. The Hall–Kier alpha value is -4.70. The van der Waals surface area contributed by atoms with E-state index in [-0.39, 0.29) is 58.1 Å². The normalized spacial score (nSPS) is 22.7. The Kier molecular flexibility index (Phi) is 6.68. The Morgan fingerprint density at radius 3 is 2.85 bits per heavy atom. The monoisotopic (exact) mass is 627 g/mol.